The Morgan fingerprint density at radius 2 is 1.71 bits per heavy atom. The van der Waals surface area contributed by atoms with E-state index in [9.17, 15) is 4.79 Å². The number of benzene rings is 1. The Labute approximate surface area is 79.7 Å². The Morgan fingerprint density at radius 3 is 2.14 bits per heavy atom. The highest BCUT2D eigenvalue weighted by Crippen LogP contribution is 2.23. The average Bonchev–Trinajstić information content (AvgIpc) is 1.99. The molecule has 0 heterocycles. The Kier molecular flexibility index (Phi) is 4.24. The van der Waals surface area contributed by atoms with Crippen LogP contribution < -0.4 is 5.32 Å². The molecule has 0 atom stereocenters. The third-order valence-electron chi connectivity index (χ3n) is 1.35. The highest BCUT2D eigenvalue weighted by atomic mass is 16.4. The zero-order valence-corrected chi connectivity index (χ0v) is 7.19. The van der Waals surface area contributed by atoms with E-state index in [0.29, 0.717) is 5.69 Å². The van der Waals surface area contributed by atoms with Gasteiger partial charge >= 0.3 is 5.97 Å². The van der Waals surface area contributed by atoms with Gasteiger partial charge in [-0.25, -0.2) is 0 Å². The quantitative estimate of drug-likeness (QED) is 0.538. The van der Waals surface area contributed by atoms with E-state index in [1.54, 1.807) is 0 Å². The minimum atomic E-state index is -1.01. The monoisotopic (exact) mass is 201 g/mol. The third-order valence-corrected chi connectivity index (χ3v) is 1.35. The van der Waals surface area contributed by atoms with E-state index in [4.69, 9.17) is 15.3 Å². The molecule has 0 saturated heterocycles. The SMILES string of the molecule is O.O=C(O)CNc1cc(O)cc(O)c1. The molecule has 0 amide bonds. The Hall–Kier alpha value is -1.95. The lowest BCUT2D eigenvalue weighted by molar-refractivity contribution is -0.134. The van der Waals surface area contributed by atoms with Crippen LogP contribution >= 0.6 is 0 Å². The molecule has 0 aromatic heterocycles. The number of phenols is 2. The van der Waals surface area contributed by atoms with Crippen molar-refractivity contribution in [2.75, 3.05) is 11.9 Å². The van der Waals surface area contributed by atoms with Crippen molar-refractivity contribution < 1.29 is 25.6 Å². The smallest absolute Gasteiger partial charge is 0.322 e. The summed E-state index contributed by atoms with van der Waals surface area (Å²) in [4.78, 5) is 10.2. The molecule has 6 N–H and O–H groups in total. The van der Waals surface area contributed by atoms with Crippen molar-refractivity contribution in [2.24, 2.45) is 0 Å². The van der Waals surface area contributed by atoms with E-state index < -0.39 is 5.97 Å². The molecule has 0 aliphatic heterocycles. The fourth-order valence-electron chi connectivity index (χ4n) is 0.875. The summed E-state index contributed by atoms with van der Waals surface area (Å²) < 4.78 is 0. The number of phenolic OH excluding ortho intramolecular Hbond substituents is 2. The summed E-state index contributed by atoms with van der Waals surface area (Å²) in [5, 5.41) is 28.9. The lowest BCUT2D eigenvalue weighted by Gasteiger charge is -2.04. The average molecular weight is 201 g/mol. The van der Waals surface area contributed by atoms with Crippen LogP contribution in [0.15, 0.2) is 18.2 Å². The molecule has 0 unspecified atom stereocenters. The summed E-state index contributed by atoms with van der Waals surface area (Å²) >= 11 is 0. The van der Waals surface area contributed by atoms with Crippen molar-refractivity contribution >= 4 is 11.7 Å². The van der Waals surface area contributed by atoms with Crippen LogP contribution in [-0.2, 0) is 4.79 Å². The number of carbonyl (C=O) groups is 1. The Morgan fingerprint density at radius 1 is 1.21 bits per heavy atom. The van der Waals surface area contributed by atoms with Gasteiger partial charge in [-0.2, -0.15) is 0 Å². The van der Waals surface area contributed by atoms with E-state index in [1.165, 1.54) is 12.1 Å². The van der Waals surface area contributed by atoms with Crippen molar-refractivity contribution in [1.29, 1.82) is 0 Å². The standard InChI is InChI=1S/C8H9NO4.H2O/c10-6-1-5(2-7(11)3-6)9-4-8(12)13;/h1-3,9-11H,4H2,(H,12,13);1H2. The normalized spacial score (nSPS) is 8.86. The summed E-state index contributed by atoms with van der Waals surface area (Å²) in [7, 11) is 0. The third kappa shape index (κ3) is 3.63. The first kappa shape index (κ1) is 12.0. The zero-order chi connectivity index (χ0) is 9.84. The summed E-state index contributed by atoms with van der Waals surface area (Å²) in [5.74, 6) is -1.25. The molecule has 0 bridgehead atoms. The first-order chi connectivity index (χ1) is 6.08. The van der Waals surface area contributed by atoms with Gasteiger partial charge in [0.25, 0.3) is 0 Å². The van der Waals surface area contributed by atoms with E-state index in [1.807, 2.05) is 0 Å². The molecular formula is C8H11NO5. The van der Waals surface area contributed by atoms with Crippen LogP contribution in [0.4, 0.5) is 5.69 Å². The highest BCUT2D eigenvalue weighted by Gasteiger charge is 2.00. The topological polar surface area (TPSA) is 121 Å². The second-order valence-corrected chi connectivity index (χ2v) is 2.49. The van der Waals surface area contributed by atoms with Gasteiger partial charge in [-0.3, -0.25) is 4.79 Å². The minimum absolute atomic E-state index is 0. The van der Waals surface area contributed by atoms with Crippen LogP contribution in [-0.4, -0.2) is 33.3 Å². The van der Waals surface area contributed by atoms with Gasteiger partial charge in [0.05, 0.1) is 0 Å². The summed E-state index contributed by atoms with van der Waals surface area (Å²) in [5.41, 5.74) is 0.361. The number of carboxylic acid groups (broad SMARTS) is 1. The summed E-state index contributed by atoms with van der Waals surface area (Å²) in [6, 6.07) is 3.80. The second-order valence-electron chi connectivity index (χ2n) is 2.49. The van der Waals surface area contributed by atoms with Gasteiger partial charge in [0.2, 0.25) is 0 Å². The fraction of sp³-hybridized carbons (Fsp3) is 0.125. The van der Waals surface area contributed by atoms with E-state index in [0.717, 1.165) is 6.07 Å². The molecule has 1 aromatic carbocycles. The highest BCUT2D eigenvalue weighted by molar-refractivity contribution is 5.73. The van der Waals surface area contributed by atoms with E-state index in [2.05, 4.69) is 5.32 Å². The van der Waals surface area contributed by atoms with Crippen LogP contribution in [0.2, 0.25) is 0 Å². The minimum Gasteiger partial charge on any atom is -0.508 e. The number of carboxylic acids is 1. The van der Waals surface area contributed by atoms with Gasteiger partial charge < -0.3 is 26.1 Å². The van der Waals surface area contributed by atoms with Gasteiger partial charge in [-0.05, 0) is 0 Å². The molecule has 0 fully saturated rings. The molecule has 78 valence electrons. The van der Waals surface area contributed by atoms with Crippen molar-refractivity contribution in [3.05, 3.63) is 18.2 Å². The molecule has 6 heteroatoms. The molecule has 0 radical (unpaired) electrons. The molecule has 0 aliphatic rings. The molecular weight excluding hydrogens is 190 g/mol. The number of anilines is 1. The number of aliphatic carboxylic acids is 1. The first-order valence-electron chi connectivity index (χ1n) is 3.56. The van der Waals surface area contributed by atoms with Crippen LogP contribution in [0.1, 0.15) is 0 Å². The number of hydrogen-bond acceptors (Lipinski definition) is 4. The number of rotatable bonds is 3. The second kappa shape index (κ2) is 4.93. The molecule has 1 aromatic rings. The largest absolute Gasteiger partial charge is 0.508 e. The molecule has 0 saturated carbocycles. The predicted molar refractivity (Wildman–Crippen MR) is 49.5 cm³/mol. The molecule has 1 rings (SSSR count). The molecule has 6 nitrogen and oxygen atoms in total. The van der Waals surface area contributed by atoms with Crippen molar-refractivity contribution in [2.45, 2.75) is 0 Å². The maximum atomic E-state index is 10.2. The first-order valence-corrected chi connectivity index (χ1v) is 3.56. The van der Waals surface area contributed by atoms with Gasteiger partial charge in [0, 0.05) is 23.9 Å². The van der Waals surface area contributed by atoms with Crippen molar-refractivity contribution in [1.82, 2.24) is 0 Å². The predicted octanol–water partition coefficient (Wildman–Crippen LogP) is -0.230. The summed E-state index contributed by atoms with van der Waals surface area (Å²) in [6.07, 6.45) is 0. The van der Waals surface area contributed by atoms with E-state index in [-0.39, 0.29) is 23.5 Å². The molecule has 0 aliphatic carbocycles. The van der Waals surface area contributed by atoms with Crippen LogP contribution in [0.5, 0.6) is 11.5 Å². The van der Waals surface area contributed by atoms with Gasteiger partial charge in [-0.15, -0.1) is 0 Å². The fourth-order valence-corrected chi connectivity index (χ4v) is 0.875. The van der Waals surface area contributed by atoms with Crippen LogP contribution in [0.25, 0.3) is 0 Å². The van der Waals surface area contributed by atoms with Crippen LogP contribution in [0, 0.1) is 0 Å². The lowest BCUT2D eigenvalue weighted by atomic mass is 10.3. The Balaban J connectivity index is 0.00000169. The van der Waals surface area contributed by atoms with Crippen LogP contribution in [0.3, 0.4) is 0 Å². The van der Waals surface area contributed by atoms with Gasteiger partial charge in [-0.1, -0.05) is 0 Å². The van der Waals surface area contributed by atoms with Crippen molar-refractivity contribution in [3.63, 3.8) is 0 Å². The summed E-state index contributed by atoms with van der Waals surface area (Å²) in [6.45, 7) is -0.261. The molecule has 14 heavy (non-hydrogen) atoms. The molecule has 0 spiro atoms. The lowest BCUT2D eigenvalue weighted by Crippen LogP contribution is -2.11. The Bertz CT molecular complexity index is 305. The number of hydrogen-bond donors (Lipinski definition) is 4. The van der Waals surface area contributed by atoms with Gasteiger partial charge in [0.1, 0.15) is 18.0 Å². The van der Waals surface area contributed by atoms with Gasteiger partial charge in [0.15, 0.2) is 0 Å². The zero-order valence-electron chi connectivity index (χ0n) is 7.19. The van der Waals surface area contributed by atoms with Crippen molar-refractivity contribution in [3.8, 4) is 11.5 Å². The maximum Gasteiger partial charge on any atom is 0.322 e. The van der Waals surface area contributed by atoms with E-state index >= 15 is 0 Å². The number of nitrogens with one attached hydrogen (secondary N) is 1. The maximum absolute atomic E-state index is 10.2. The number of aromatic hydroxyl groups is 2.